The molecule has 3 unspecified atom stereocenters. The zero-order valence-corrected chi connectivity index (χ0v) is 29.7. The molecular formula is C35H67N2O6P. The van der Waals surface area contributed by atoms with Gasteiger partial charge >= 0.3 is 0 Å². The first kappa shape index (κ1) is 42.7. The molecule has 0 rings (SSSR count). The van der Waals surface area contributed by atoms with Crippen molar-refractivity contribution in [3.63, 3.8) is 0 Å². The molecule has 0 aromatic carbocycles. The number of quaternary nitrogens is 1. The molecule has 0 aliphatic heterocycles. The standard InChI is InChI=1S/C35H67N2O6P/c1-6-8-10-12-14-16-18-19-21-23-25-27-29-35(39)36-33(32-43-44(40,41)42-31-30-37(3,4)5)34(38)28-26-24-22-20-17-15-13-11-9-7-2/h9,11,17,20,26,28,33-34,38H,6-8,10,12-16,18-19,21-25,27,29-32H2,1-5H3,(H-,36,39,40,41)/b11-9+,20-17+,28-26+. The van der Waals surface area contributed by atoms with Crippen molar-refractivity contribution in [2.24, 2.45) is 0 Å². The third-order valence-electron chi connectivity index (χ3n) is 7.34. The summed E-state index contributed by atoms with van der Waals surface area (Å²) in [5.74, 6) is -0.218. The fourth-order valence-corrected chi connectivity index (χ4v) is 5.26. The van der Waals surface area contributed by atoms with Crippen LogP contribution in [0, 0.1) is 0 Å². The number of unbranched alkanes of at least 4 members (excludes halogenated alkanes) is 13. The molecule has 0 saturated heterocycles. The van der Waals surface area contributed by atoms with Gasteiger partial charge in [-0.3, -0.25) is 9.36 Å². The lowest BCUT2D eigenvalue weighted by Crippen LogP contribution is -2.45. The van der Waals surface area contributed by atoms with E-state index < -0.39 is 26.6 Å². The Labute approximate surface area is 270 Å². The van der Waals surface area contributed by atoms with Crippen LogP contribution in [0.1, 0.15) is 129 Å². The Morgan fingerprint density at radius 1 is 0.795 bits per heavy atom. The summed E-state index contributed by atoms with van der Waals surface area (Å²) in [5, 5.41) is 13.6. The summed E-state index contributed by atoms with van der Waals surface area (Å²) in [6, 6.07) is -0.902. The van der Waals surface area contributed by atoms with Crippen molar-refractivity contribution in [3.05, 3.63) is 36.5 Å². The molecule has 0 fully saturated rings. The van der Waals surface area contributed by atoms with Crippen LogP contribution in [0.5, 0.6) is 0 Å². The second-order valence-electron chi connectivity index (χ2n) is 12.8. The van der Waals surface area contributed by atoms with Gasteiger partial charge in [0.05, 0.1) is 39.9 Å². The zero-order chi connectivity index (χ0) is 32.9. The van der Waals surface area contributed by atoms with E-state index in [4.69, 9.17) is 9.05 Å². The average Bonchev–Trinajstić information content (AvgIpc) is 2.95. The summed E-state index contributed by atoms with van der Waals surface area (Å²) in [5.41, 5.74) is 0. The van der Waals surface area contributed by atoms with E-state index in [2.05, 4.69) is 43.5 Å². The minimum atomic E-state index is -4.58. The number of allylic oxidation sites excluding steroid dienone is 5. The molecule has 3 atom stereocenters. The number of rotatable bonds is 30. The van der Waals surface area contributed by atoms with Gasteiger partial charge in [0.15, 0.2) is 0 Å². The molecule has 44 heavy (non-hydrogen) atoms. The average molecular weight is 643 g/mol. The summed E-state index contributed by atoms with van der Waals surface area (Å²) in [6.07, 6.45) is 30.5. The first-order valence-corrected chi connectivity index (χ1v) is 18.8. The van der Waals surface area contributed by atoms with Gasteiger partial charge in [-0.1, -0.05) is 121 Å². The van der Waals surface area contributed by atoms with Gasteiger partial charge in [-0.15, -0.1) is 0 Å². The highest BCUT2D eigenvalue weighted by molar-refractivity contribution is 7.45. The molecule has 0 aliphatic rings. The molecule has 0 saturated carbocycles. The van der Waals surface area contributed by atoms with Crippen molar-refractivity contribution >= 4 is 13.7 Å². The Hall–Kier alpha value is -1.28. The molecule has 0 spiro atoms. The highest BCUT2D eigenvalue weighted by Gasteiger charge is 2.23. The first-order valence-electron chi connectivity index (χ1n) is 17.4. The molecule has 2 N–H and O–H groups in total. The lowest BCUT2D eigenvalue weighted by Gasteiger charge is -2.29. The molecule has 8 nitrogen and oxygen atoms in total. The van der Waals surface area contributed by atoms with Crippen molar-refractivity contribution < 1.29 is 32.9 Å². The van der Waals surface area contributed by atoms with E-state index in [1.807, 2.05) is 27.2 Å². The van der Waals surface area contributed by atoms with Crippen molar-refractivity contribution in [3.8, 4) is 0 Å². The molecule has 0 aromatic rings. The van der Waals surface area contributed by atoms with Gasteiger partial charge in [0, 0.05) is 6.42 Å². The minimum absolute atomic E-state index is 0.00880. The summed E-state index contributed by atoms with van der Waals surface area (Å²) in [4.78, 5) is 25.0. The number of amides is 1. The van der Waals surface area contributed by atoms with Crippen molar-refractivity contribution in [1.82, 2.24) is 5.32 Å². The SMILES string of the molecule is CC/C=C/CC/C=C/CC/C=C/C(O)C(COP(=O)([O-])OCC[N+](C)(C)C)NC(=O)CCCCCCCCCCCCCC. The lowest BCUT2D eigenvalue weighted by molar-refractivity contribution is -0.870. The Morgan fingerprint density at radius 3 is 1.82 bits per heavy atom. The topological polar surface area (TPSA) is 108 Å². The Kier molecular flexibility index (Phi) is 27.2. The molecule has 0 aromatic heterocycles. The molecule has 258 valence electrons. The van der Waals surface area contributed by atoms with E-state index >= 15 is 0 Å². The van der Waals surface area contributed by atoms with Crippen LogP contribution in [0.15, 0.2) is 36.5 Å². The van der Waals surface area contributed by atoms with Gasteiger partial charge in [-0.2, -0.15) is 0 Å². The lowest BCUT2D eigenvalue weighted by atomic mass is 10.0. The van der Waals surface area contributed by atoms with Crippen molar-refractivity contribution in [2.45, 2.75) is 142 Å². The summed E-state index contributed by atoms with van der Waals surface area (Å²) in [7, 11) is 1.23. The van der Waals surface area contributed by atoms with E-state index in [1.54, 1.807) is 6.08 Å². The number of likely N-dealkylation sites (N-methyl/N-ethyl adjacent to an activating group) is 1. The normalized spacial score (nSPS) is 15.3. The number of hydrogen-bond acceptors (Lipinski definition) is 6. The fraction of sp³-hybridized carbons (Fsp3) is 0.800. The quantitative estimate of drug-likeness (QED) is 0.0359. The number of aliphatic hydroxyl groups excluding tert-OH is 1. The van der Waals surface area contributed by atoms with Crippen LogP contribution in [-0.2, 0) is 18.4 Å². The number of carbonyl (C=O) groups is 1. The Morgan fingerprint density at radius 2 is 1.30 bits per heavy atom. The summed E-state index contributed by atoms with van der Waals surface area (Å²) >= 11 is 0. The number of phosphoric ester groups is 1. The number of nitrogens with zero attached hydrogens (tertiary/aromatic N) is 1. The van der Waals surface area contributed by atoms with Gasteiger partial charge in [0.25, 0.3) is 7.82 Å². The predicted molar refractivity (Wildman–Crippen MR) is 182 cm³/mol. The number of phosphoric acid groups is 1. The molecule has 9 heteroatoms. The van der Waals surface area contributed by atoms with Crippen molar-refractivity contribution in [2.75, 3.05) is 40.9 Å². The number of aliphatic hydroxyl groups is 1. The van der Waals surface area contributed by atoms with Crippen molar-refractivity contribution in [1.29, 1.82) is 0 Å². The molecular weight excluding hydrogens is 575 g/mol. The Bertz CT molecular complexity index is 825. The van der Waals surface area contributed by atoms with Crippen LogP contribution in [0.25, 0.3) is 0 Å². The highest BCUT2D eigenvalue weighted by atomic mass is 31.2. The monoisotopic (exact) mass is 642 g/mol. The second-order valence-corrected chi connectivity index (χ2v) is 14.2. The van der Waals surface area contributed by atoms with Crippen LogP contribution >= 0.6 is 7.82 Å². The largest absolute Gasteiger partial charge is 0.756 e. The van der Waals surface area contributed by atoms with Gasteiger partial charge in [-0.05, 0) is 38.5 Å². The maximum absolute atomic E-state index is 12.7. The maximum atomic E-state index is 12.7. The predicted octanol–water partition coefficient (Wildman–Crippen LogP) is 7.77. The van der Waals surface area contributed by atoms with Crippen LogP contribution in [0.2, 0.25) is 0 Å². The second kappa shape index (κ2) is 28.0. The third-order valence-corrected chi connectivity index (χ3v) is 8.31. The number of hydrogen-bond donors (Lipinski definition) is 2. The molecule has 0 radical (unpaired) electrons. The summed E-state index contributed by atoms with van der Waals surface area (Å²) in [6.45, 7) is 4.45. The van der Waals surface area contributed by atoms with E-state index in [1.165, 1.54) is 57.8 Å². The van der Waals surface area contributed by atoms with Gasteiger partial charge in [0.2, 0.25) is 5.91 Å². The fourth-order valence-electron chi connectivity index (χ4n) is 4.54. The van der Waals surface area contributed by atoms with Gasteiger partial charge in [0.1, 0.15) is 13.2 Å². The van der Waals surface area contributed by atoms with E-state index in [9.17, 15) is 19.4 Å². The molecule has 1 amide bonds. The Balaban J connectivity index is 4.64. The van der Waals surface area contributed by atoms with Crippen LogP contribution in [-0.4, -0.2) is 68.5 Å². The van der Waals surface area contributed by atoms with Crippen LogP contribution in [0.4, 0.5) is 0 Å². The number of nitrogens with one attached hydrogen (secondary N) is 1. The van der Waals surface area contributed by atoms with Crippen LogP contribution in [0.3, 0.4) is 0 Å². The smallest absolute Gasteiger partial charge is 0.268 e. The molecule has 0 heterocycles. The minimum Gasteiger partial charge on any atom is -0.756 e. The third kappa shape index (κ3) is 29.4. The zero-order valence-electron chi connectivity index (χ0n) is 28.9. The number of carbonyl (C=O) groups excluding carboxylic acids is 1. The maximum Gasteiger partial charge on any atom is 0.268 e. The first-order chi connectivity index (χ1) is 21.0. The molecule has 0 bridgehead atoms. The van der Waals surface area contributed by atoms with Gasteiger partial charge in [-0.25, -0.2) is 0 Å². The van der Waals surface area contributed by atoms with Crippen LogP contribution < -0.4 is 10.2 Å². The highest BCUT2D eigenvalue weighted by Crippen LogP contribution is 2.38. The molecule has 0 aliphatic carbocycles. The van der Waals surface area contributed by atoms with Gasteiger partial charge < -0.3 is 28.8 Å². The van der Waals surface area contributed by atoms with E-state index in [-0.39, 0.29) is 12.5 Å². The summed E-state index contributed by atoms with van der Waals surface area (Å²) < 4.78 is 23.0. The van der Waals surface area contributed by atoms with E-state index in [0.717, 1.165) is 51.4 Å². The van der Waals surface area contributed by atoms with E-state index in [0.29, 0.717) is 17.4 Å².